The first-order valence-electron chi connectivity index (χ1n) is 5.10. The van der Waals surface area contributed by atoms with Crippen molar-refractivity contribution < 1.29 is 0 Å². The molecule has 2 heteroatoms. The highest BCUT2D eigenvalue weighted by Gasteiger charge is 2.63. The van der Waals surface area contributed by atoms with Gasteiger partial charge < -0.3 is 0 Å². The molecule has 12 heavy (non-hydrogen) atoms. The quantitative estimate of drug-likeness (QED) is 0.549. The van der Waals surface area contributed by atoms with E-state index in [0.29, 0.717) is 10.7 Å². The fourth-order valence-corrected chi connectivity index (χ4v) is 4.34. The highest BCUT2D eigenvalue weighted by Crippen LogP contribution is 2.74. The van der Waals surface area contributed by atoms with Crippen molar-refractivity contribution in [1.29, 1.82) is 0 Å². The van der Waals surface area contributed by atoms with Crippen molar-refractivity contribution in [2.75, 3.05) is 0 Å². The van der Waals surface area contributed by atoms with Gasteiger partial charge in [-0.25, -0.2) is 11.5 Å². The molecule has 3 unspecified atom stereocenters. The van der Waals surface area contributed by atoms with Gasteiger partial charge in [0, 0.05) is 0 Å². The van der Waals surface area contributed by atoms with Crippen LogP contribution in [0.1, 0.15) is 40.0 Å². The number of rotatable bonds is 1. The van der Waals surface area contributed by atoms with Crippen LogP contribution in [0.3, 0.4) is 0 Å². The molecule has 0 saturated heterocycles. The van der Waals surface area contributed by atoms with Gasteiger partial charge in [0.1, 0.15) is 0 Å². The minimum Gasteiger partial charge on any atom is -0.200 e. The van der Waals surface area contributed by atoms with Crippen LogP contribution in [-0.2, 0) is 0 Å². The van der Waals surface area contributed by atoms with Crippen molar-refractivity contribution in [2.24, 2.45) is 17.3 Å². The normalized spacial score (nSPS) is 49.7. The van der Waals surface area contributed by atoms with Gasteiger partial charge >= 0.3 is 0 Å². The van der Waals surface area contributed by atoms with E-state index in [1.54, 1.807) is 0 Å². The minimum atomic E-state index is 0.484. The monoisotopic (exact) mass is 184 g/mol. The van der Waals surface area contributed by atoms with Crippen LogP contribution in [0.5, 0.6) is 0 Å². The zero-order valence-electron chi connectivity index (χ0n) is 8.36. The van der Waals surface area contributed by atoms with E-state index in [2.05, 4.69) is 20.8 Å². The molecule has 0 nitrogen and oxygen atoms in total. The molecular weight excluding hydrogens is 166 g/mol. The van der Waals surface area contributed by atoms with Gasteiger partial charge in [0.2, 0.25) is 6.69 Å². The van der Waals surface area contributed by atoms with Crippen LogP contribution < -0.4 is 0 Å². The van der Waals surface area contributed by atoms with Gasteiger partial charge in [-0.05, 0) is 35.4 Å². The van der Waals surface area contributed by atoms with Gasteiger partial charge in [0.05, 0.1) is 0 Å². The van der Waals surface area contributed by atoms with Gasteiger partial charge in [-0.2, -0.15) is 0 Å². The van der Waals surface area contributed by atoms with Crippen molar-refractivity contribution in [3.05, 3.63) is 0 Å². The number of fused-ring (bicyclic) bond motifs is 2. The second kappa shape index (κ2) is 2.44. The standard InChI is InChI=1S/C10H18BCl/c1-7-4-5-8-6-10(7,11-12)9(8,2)3/h7-8,11H,4-6H2,1-3H3. The lowest BCUT2D eigenvalue weighted by Crippen LogP contribution is -2.58. The molecule has 0 N–H and O–H groups in total. The Balaban J connectivity index is 2.29. The zero-order chi connectivity index (χ0) is 8.98. The zero-order valence-corrected chi connectivity index (χ0v) is 9.12. The summed E-state index contributed by atoms with van der Waals surface area (Å²) in [6.45, 7) is 8.09. The fourth-order valence-electron chi connectivity index (χ4n) is 3.62. The Hall–Kier alpha value is 0.355. The predicted octanol–water partition coefficient (Wildman–Crippen LogP) is 3.21. The highest BCUT2D eigenvalue weighted by molar-refractivity contribution is 6.95. The molecule has 0 aromatic heterocycles. The molecule has 0 amide bonds. The van der Waals surface area contributed by atoms with Crippen LogP contribution in [0.15, 0.2) is 0 Å². The summed E-state index contributed by atoms with van der Waals surface area (Å²) in [6, 6.07) is 0. The van der Waals surface area contributed by atoms with E-state index in [9.17, 15) is 0 Å². The average molecular weight is 185 g/mol. The summed E-state index contributed by atoms with van der Waals surface area (Å²) < 4.78 is 0. The van der Waals surface area contributed by atoms with Crippen molar-refractivity contribution in [1.82, 2.24) is 0 Å². The van der Waals surface area contributed by atoms with E-state index < -0.39 is 0 Å². The largest absolute Gasteiger partial charge is 0.240 e. The first kappa shape index (κ1) is 8.93. The second-order valence-corrected chi connectivity index (χ2v) is 5.66. The Morgan fingerprint density at radius 3 is 2.33 bits per heavy atom. The molecule has 3 rings (SSSR count). The Bertz CT molecular complexity index is 202. The topological polar surface area (TPSA) is 0 Å². The summed E-state index contributed by atoms with van der Waals surface area (Å²) in [4.78, 5) is 0. The minimum absolute atomic E-state index is 0.484. The maximum Gasteiger partial charge on any atom is 0.240 e. The lowest BCUT2D eigenvalue weighted by Gasteiger charge is -2.68. The van der Waals surface area contributed by atoms with Gasteiger partial charge in [-0.15, -0.1) is 0 Å². The summed E-state index contributed by atoms with van der Waals surface area (Å²) in [5, 5.41) is 0.484. The van der Waals surface area contributed by atoms with Gasteiger partial charge in [0.25, 0.3) is 0 Å². The van der Waals surface area contributed by atoms with Gasteiger partial charge in [-0.1, -0.05) is 27.2 Å². The lowest BCUT2D eigenvalue weighted by atomic mass is 9.30. The highest BCUT2D eigenvalue weighted by atomic mass is 35.5. The van der Waals surface area contributed by atoms with Crippen LogP contribution in [0.2, 0.25) is 5.31 Å². The van der Waals surface area contributed by atoms with Crippen LogP contribution in [-0.4, -0.2) is 6.69 Å². The molecule has 0 radical (unpaired) electrons. The third-order valence-corrected chi connectivity index (χ3v) is 5.52. The molecule has 3 aliphatic rings. The number of halogens is 1. The molecule has 68 valence electrons. The summed E-state index contributed by atoms with van der Waals surface area (Å²) in [5.41, 5.74) is 0.520. The molecule has 0 spiro atoms. The Morgan fingerprint density at radius 2 is 2.00 bits per heavy atom. The molecule has 0 heterocycles. The Morgan fingerprint density at radius 1 is 1.33 bits per heavy atom. The predicted molar refractivity (Wildman–Crippen MR) is 56.0 cm³/mol. The summed E-state index contributed by atoms with van der Waals surface area (Å²) in [5.74, 6) is 1.81. The van der Waals surface area contributed by atoms with Gasteiger partial charge in [0.15, 0.2) is 0 Å². The van der Waals surface area contributed by atoms with Crippen molar-refractivity contribution in [2.45, 2.75) is 45.3 Å². The lowest BCUT2D eigenvalue weighted by molar-refractivity contribution is -0.0827. The molecule has 3 fully saturated rings. The molecule has 2 bridgehead atoms. The van der Waals surface area contributed by atoms with Crippen LogP contribution in [0.4, 0.5) is 0 Å². The SMILES string of the molecule is CC1CCC2CC1(BCl)C2(C)C. The van der Waals surface area contributed by atoms with E-state index >= 15 is 0 Å². The molecule has 3 saturated carbocycles. The van der Waals surface area contributed by atoms with Gasteiger partial charge in [-0.3, -0.25) is 0 Å². The smallest absolute Gasteiger partial charge is 0.200 e. The fraction of sp³-hybridized carbons (Fsp3) is 1.00. The molecule has 3 aliphatic carbocycles. The third kappa shape index (κ3) is 0.768. The van der Waals surface area contributed by atoms with E-state index in [4.69, 9.17) is 11.5 Å². The molecule has 0 aromatic carbocycles. The first-order valence-corrected chi connectivity index (χ1v) is 5.64. The Kier molecular flexibility index (Phi) is 1.81. The number of hydrogen-bond donors (Lipinski definition) is 0. The summed E-state index contributed by atoms with van der Waals surface area (Å²) in [7, 11) is 0. The molecule has 0 aliphatic heterocycles. The maximum atomic E-state index is 6.14. The van der Waals surface area contributed by atoms with E-state index in [0.717, 1.165) is 18.5 Å². The van der Waals surface area contributed by atoms with E-state index in [1.165, 1.54) is 19.3 Å². The third-order valence-electron chi connectivity index (χ3n) is 5.04. The van der Waals surface area contributed by atoms with E-state index in [-0.39, 0.29) is 0 Å². The van der Waals surface area contributed by atoms with Crippen LogP contribution >= 0.6 is 11.5 Å². The maximum absolute atomic E-state index is 6.14. The van der Waals surface area contributed by atoms with Crippen molar-refractivity contribution in [3.63, 3.8) is 0 Å². The van der Waals surface area contributed by atoms with Crippen LogP contribution in [0.25, 0.3) is 0 Å². The van der Waals surface area contributed by atoms with E-state index in [1.807, 2.05) is 0 Å². The summed E-state index contributed by atoms with van der Waals surface area (Å²) >= 11 is 6.14. The summed E-state index contributed by atoms with van der Waals surface area (Å²) in [6.07, 6.45) is 4.23. The van der Waals surface area contributed by atoms with Crippen LogP contribution in [0, 0.1) is 17.3 Å². The number of hydrogen-bond acceptors (Lipinski definition) is 0. The molecule has 0 aromatic rings. The van der Waals surface area contributed by atoms with Crippen molar-refractivity contribution in [3.8, 4) is 0 Å². The molecule has 3 atom stereocenters. The second-order valence-electron chi connectivity index (χ2n) is 5.39. The average Bonchev–Trinajstić information content (AvgIpc) is 2.04. The van der Waals surface area contributed by atoms with Crippen molar-refractivity contribution >= 4 is 18.2 Å². The Labute approximate surface area is 81.2 Å². The first-order chi connectivity index (χ1) is 5.54. The molecular formula is C10H18BCl.